The number of carbonyl (C=O) groups excluding carboxylic acids is 3. The number of fused-ring (bicyclic) bond motifs is 2. The summed E-state index contributed by atoms with van der Waals surface area (Å²) < 4.78 is 48.2. The summed E-state index contributed by atoms with van der Waals surface area (Å²) in [6.45, 7) is -0.294. The highest BCUT2D eigenvalue weighted by molar-refractivity contribution is 5.91. The molecule has 6 aromatic rings. The fourth-order valence-corrected chi connectivity index (χ4v) is 7.75. The number of carbonyl (C=O) groups is 5. The first-order chi connectivity index (χ1) is 36.4. The lowest BCUT2D eigenvalue weighted by Gasteiger charge is -2.41. The standard InChI is InChI=1S/C26H24O14.C24H22O13/c1-11(27)37-25-23(34)19(10-36-21(33)9-20(31)32)40-26(24(25)35)38-14-6-15(29)22-16(30)8-17(39-18(22)7-14)12-2-4-13(28)5-3-12;25-11-3-1-10(2-4-11)15-7-14(27)20-13(26)5-12(6-16(20)36-15)35-24-23(33)22(32)21(31)17(37-24)9-34-19(30)8-18(28)29/h2-8,19,23-26,28-29,34-35H,9-10H2,1H3,(H,31,32);1-7,17,21-26,31-33H,8-9H2,(H,28,29). The maximum absolute atomic E-state index is 12.7. The van der Waals surface area contributed by atoms with E-state index in [2.05, 4.69) is 0 Å². The second-order valence-corrected chi connectivity index (χ2v) is 17.0. The molecule has 10 unspecified atom stereocenters. The Hall–Kier alpha value is -8.83. The van der Waals surface area contributed by atoms with Crippen LogP contribution in [0.3, 0.4) is 0 Å². The van der Waals surface area contributed by atoms with Gasteiger partial charge in [0.1, 0.15) is 131 Å². The Bertz CT molecular complexity index is 3280. The molecule has 2 aliphatic rings. The van der Waals surface area contributed by atoms with Crippen molar-refractivity contribution < 1.29 is 122 Å². The van der Waals surface area contributed by atoms with Crippen LogP contribution < -0.4 is 20.3 Å². The van der Waals surface area contributed by atoms with Gasteiger partial charge in [-0.05, 0) is 48.5 Å². The van der Waals surface area contributed by atoms with E-state index >= 15 is 0 Å². The van der Waals surface area contributed by atoms with Crippen LogP contribution in [0.1, 0.15) is 19.8 Å². The lowest BCUT2D eigenvalue weighted by Crippen LogP contribution is -2.61. The lowest BCUT2D eigenvalue weighted by atomic mass is 9.99. The molecule has 0 bridgehead atoms. The van der Waals surface area contributed by atoms with E-state index in [-0.39, 0.29) is 56.5 Å². The Kier molecular flexibility index (Phi) is 17.3. The Morgan fingerprint density at radius 3 is 1.32 bits per heavy atom. The zero-order chi connectivity index (χ0) is 56.0. The number of carboxylic acid groups (broad SMARTS) is 2. The number of rotatable bonds is 15. The Labute approximate surface area is 430 Å². The molecule has 27 heteroatoms. The molecule has 27 nitrogen and oxygen atoms in total. The molecule has 2 saturated heterocycles. The summed E-state index contributed by atoms with van der Waals surface area (Å²) in [6, 6.07) is 18.5. The van der Waals surface area contributed by atoms with E-state index in [4.69, 9.17) is 52.2 Å². The third kappa shape index (κ3) is 13.5. The van der Waals surface area contributed by atoms with E-state index in [1.165, 1.54) is 60.7 Å². The average Bonchev–Trinajstić information content (AvgIpc) is 3.37. The number of ether oxygens (including phenoxy) is 7. The topological polar surface area (TPSA) is 433 Å². The number of hydrogen-bond donors (Lipinski definition) is 11. The van der Waals surface area contributed by atoms with Gasteiger partial charge in [0.25, 0.3) is 0 Å². The van der Waals surface area contributed by atoms with Gasteiger partial charge in [-0.3, -0.25) is 33.6 Å². The molecule has 0 aliphatic carbocycles. The van der Waals surface area contributed by atoms with Crippen LogP contribution in [0.25, 0.3) is 44.6 Å². The second-order valence-electron chi connectivity index (χ2n) is 17.0. The van der Waals surface area contributed by atoms with Crippen molar-refractivity contribution in [3.63, 3.8) is 0 Å². The number of benzene rings is 4. The molecule has 0 radical (unpaired) electrons. The number of hydrogen-bond acceptors (Lipinski definition) is 25. The largest absolute Gasteiger partial charge is 0.508 e. The molecule has 77 heavy (non-hydrogen) atoms. The molecule has 11 N–H and O–H groups in total. The van der Waals surface area contributed by atoms with E-state index in [1.807, 2.05) is 0 Å². The first kappa shape index (κ1) is 55.9. The maximum atomic E-state index is 12.7. The molecule has 2 aliphatic heterocycles. The summed E-state index contributed by atoms with van der Waals surface area (Å²) in [5, 5.41) is 109. The maximum Gasteiger partial charge on any atom is 0.317 e. The zero-order valence-corrected chi connectivity index (χ0v) is 39.6. The highest BCUT2D eigenvalue weighted by Crippen LogP contribution is 2.36. The number of aliphatic hydroxyl groups excluding tert-OH is 5. The zero-order valence-electron chi connectivity index (χ0n) is 39.6. The number of aromatic hydroxyl groups is 4. The molecule has 4 heterocycles. The minimum atomic E-state index is -1.80. The third-order valence-electron chi connectivity index (χ3n) is 11.4. The minimum absolute atomic E-state index is 0.00149. The van der Waals surface area contributed by atoms with Gasteiger partial charge in [0, 0.05) is 54.4 Å². The van der Waals surface area contributed by atoms with Crippen LogP contribution in [0.15, 0.2) is 103 Å². The van der Waals surface area contributed by atoms with Gasteiger partial charge in [0.2, 0.25) is 12.6 Å². The molecule has 4 aromatic carbocycles. The number of aliphatic hydroxyl groups is 5. The summed E-state index contributed by atoms with van der Waals surface area (Å²) in [6.07, 6.45) is -18.4. The smallest absolute Gasteiger partial charge is 0.317 e. The van der Waals surface area contributed by atoms with Gasteiger partial charge in [-0.15, -0.1) is 0 Å². The second kappa shape index (κ2) is 23.8. The monoisotopic (exact) mass is 1080 g/mol. The Morgan fingerprint density at radius 1 is 0.519 bits per heavy atom. The van der Waals surface area contributed by atoms with Crippen LogP contribution in [0.5, 0.6) is 34.5 Å². The minimum Gasteiger partial charge on any atom is -0.508 e. The van der Waals surface area contributed by atoms with Crippen molar-refractivity contribution >= 4 is 51.8 Å². The van der Waals surface area contributed by atoms with Gasteiger partial charge in [0.15, 0.2) is 23.1 Å². The first-order valence-corrected chi connectivity index (χ1v) is 22.6. The van der Waals surface area contributed by atoms with Crippen LogP contribution in [0, 0.1) is 0 Å². The summed E-state index contributed by atoms with van der Waals surface area (Å²) in [7, 11) is 0. The highest BCUT2D eigenvalue weighted by atomic mass is 16.7. The van der Waals surface area contributed by atoms with Crippen molar-refractivity contribution in [1.82, 2.24) is 0 Å². The molecule has 8 rings (SSSR count). The van der Waals surface area contributed by atoms with Crippen LogP contribution in [0.2, 0.25) is 0 Å². The van der Waals surface area contributed by atoms with Gasteiger partial charge in [-0.25, -0.2) is 0 Å². The first-order valence-electron chi connectivity index (χ1n) is 22.6. The van der Waals surface area contributed by atoms with E-state index in [9.17, 15) is 79.5 Å². The van der Waals surface area contributed by atoms with Gasteiger partial charge in [-0.1, -0.05) is 0 Å². The van der Waals surface area contributed by atoms with Crippen molar-refractivity contribution in [2.24, 2.45) is 0 Å². The quantitative estimate of drug-likeness (QED) is 0.0383. The molecule has 10 atom stereocenters. The van der Waals surface area contributed by atoms with Crippen molar-refractivity contribution in [3.05, 3.63) is 105 Å². The lowest BCUT2D eigenvalue weighted by molar-refractivity contribution is -0.282. The summed E-state index contributed by atoms with van der Waals surface area (Å²) in [5.74, 6) is -7.08. The molecule has 0 amide bonds. The Morgan fingerprint density at radius 2 is 0.922 bits per heavy atom. The molecule has 0 saturated carbocycles. The predicted octanol–water partition coefficient (Wildman–Crippen LogP) is 0.722. The van der Waals surface area contributed by atoms with Gasteiger partial charge in [0.05, 0.1) is 0 Å². The summed E-state index contributed by atoms with van der Waals surface area (Å²) in [5.41, 5.74) is -0.423. The fourth-order valence-electron chi connectivity index (χ4n) is 7.75. The predicted molar refractivity (Wildman–Crippen MR) is 253 cm³/mol. The molecule has 2 aromatic heterocycles. The number of phenols is 4. The van der Waals surface area contributed by atoms with Crippen LogP contribution >= 0.6 is 0 Å². The number of esters is 3. The van der Waals surface area contributed by atoms with Gasteiger partial charge in [-0.2, -0.15) is 0 Å². The molecular formula is C50H46O27. The van der Waals surface area contributed by atoms with E-state index in [1.54, 1.807) is 0 Å². The van der Waals surface area contributed by atoms with Crippen molar-refractivity contribution in [3.8, 4) is 57.1 Å². The number of carboxylic acids is 2. The summed E-state index contributed by atoms with van der Waals surface area (Å²) in [4.78, 5) is 81.4. The molecular weight excluding hydrogens is 1030 g/mol. The Balaban J connectivity index is 0.000000224. The normalized spacial score (nSPS) is 22.9. The molecule has 408 valence electrons. The van der Waals surface area contributed by atoms with Gasteiger partial charge < -0.3 is 98.2 Å². The molecule has 0 spiro atoms. The number of aliphatic carboxylic acids is 2. The third-order valence-corrected chi connectivity index (χ3v) is 11.4. The van der Waals surface area contributed by atoms with Crippen LogP contribution in [0.4, 0.5) is 0 Å². The van der Waals surface area contributed by atoms with Crippen molar-refractivity contribution in [2.75, 3.05) is 13.2 Å². The number of phenolic OH excluding ortho intramolecular Hbond substituents is 4. The van der Waals surface area contributed by atoms with Gasteiger partial charge >= 0.3 is 29.8 Å². The summed E-state index contributed by atoms with van der Waals surface area (Å²) >= 11 is 0. The van der Waals surface area contributed by atoms with Crippen molar-refractivity contribution in [2.45, 2.75) is 81.2 Å². The van der Waals surface area contributed by atoms with Crippen molar-refractivity contribution in [1.29, 1.82) is 0 Å². The van der Waals surface area contributed by atoms with E-state index < -0.39 is 140 Å². The van der Waals surface area contributed by atoms with E-state index in [0.717, 1.165) is 31.2 Å². The van der Waals surface area contributed by atoms with Crippen LogP contribution in [-0.2, 0) is 47.7 Å². The fraction of sp³-hybridized carbons (Fsp3) is 0.300. The highest BCUT2D eigenvalue weighted by Gasteiger charge is 2.49. The molecule has 2 fully saturated rings. The van der Waals surface area contributed by atoms with E-state index in [0.29, 0.717) is 11.1 Å². The average molecular weight is 1080 g/mol. The van der Waals surface area contributed by atoms with Crippen LogP contribution in [-0.4, -0.2) is 161 Å². The SMILES string of the molecule is CC(=O)OC1C(O)C(COC(=O)CC(=O)O)OC(Oc2cc(O)c3c(=O)cc(-c4ccc(O)cc4)oc3c2)C1O.O=C(O)CC(=O)OCC1OC(Oc2cc(O)c3c(=O)cc(-c4ccc(O)cc4)oc3c2)C(O)C(O)C1O.